The highest BCUT2D eigenvalue weighted by Gasteiger charge is 2.27. The molecule has 0 amide bonds. The Hall–Kier alpha value is -1.52. The predicted octanol–water partition coefficient (Wildman–Crippen LogP) is 2.03. The first-order valence-corrected chi connectivity index (χ1v) is 6.04. The first-order valence-electron chi connectivity index (χ1n) is 6.04. The summed E-state index contributed by atoms with van der Waals surface area (Å²) in [4.78, 5) is 11.2. The molecule has 1 aromatic rings. The molecule has 1 heterocycles. The smallest absolute Gasteiger partial charge is 0.341 e. The molecule has 1 aromatic heterocycles. The highest BCUT2D eigenvalue weighted by Crippen LogP contribution is 2.29. The van der Waals surface area contributed by atoms with E-state index in [2.05, 4.69) is 17.3 Å². The largest absolute Gasteiger partial charge is 0.477 e. The summed E-state index contributed by atoms with van der Waals surface area (Å²) in [6.07, 6.45) is 3.51. The van der Waals surface area contributed by atoms with Crippen LogP contribution in [0.2, 0.25) is 0 Å². The van der Waals surface area contributed by atoms with E-state index < -0.39 is 5.97 Å². The Labute approximate surface area is 101 Å². The monoisotopic (exact) mass is 237 g/mol. The van der Waals surface area contributed by atoms with Crippen LogP contribution in [0, 0.1) is 12.8 Å². The second-order valence-electron chi connectivity index (χ2n) is 4.90. The van der Waals surface area contributed by atoms with E-state index in [0.29, 0.717) is 29.0 Å². The Morgan fingerprint density at radius 3 is 2.76 bits per heavy atom. The second kappa shape index (κ2) is 4.39. The first-order chi connectivity index (χ1) is 8.00. The summed E-state index contributed by atoms with van der Waals surface area (Å²) in [5, 5.41) is 16.7. The van der Waals surface area contributed by atoms with Crippen molar-refractivity contribution in [1.82, 2.24) is 9.78 Å². The number of aromatic nitrogens is 2. The Kier molecular flexibility index (Phi) is 3.09. The minimum atomic E-state index is -0.913. The van der Waals surface area contributed by atoms with E-state index in [-0.39, 0.29) is 0 Å². The van der Waals surface area contributed by atoms with Gasteiger partial charge in [-0.3, -0.25) is 4.68 Å². The molecule has 1 saturated carbocycles. The quantitative estimate of drug-likeness (QED) is 0.844. The molecule has 17 heavy (non-hydrogen) atoms. The van der Waals surface area contributed by atoms with Crippen LogP contribution >= 0.6 is 0 Å². The average molecular weight is 237 g/mol. The number of aryl methyl sites for hydroxylation is 2. The summed E-state index contributed by atoms with van der Waals surface area (Å²) in [7, 11) is 1.78. The lowest BCUT2D eigenvalue weighted by Gasteiger charge is -2.19. The lowest BCUT2D eigenvalue weighted by molar-refractivity contribution is 0.0697. The molecule has 0 saturated heterocycles. The number of anilines is 1. The number of rotatable bonds is 3. The molecule has 2 N–H and O–H groups in total. The van der Waals surface area contributed by atoms with E-state index in [1.807, 2.05) is 0 Å². The van der Waals surface area contributed by atoms with Crippen molar-refractivity contribution in [2.75, 3.05) is 5.32 Å². The first kappa shape index (κ1) is 12.0. The Morgan fingerprint density at radius 1 is 1.53 bits per heavy atom. The molecule has 1 fully saturated rings. The standard InChI is InChI=1S/C12H19N3O2/c1-7-5-4-6-9(7)13-11-10(12(16)17)8(2)14-15(11)3/h7,9,13H,4-6H2,1-3H3,(H,16,17). The van der Waals surface area contributed by atoms with Gasteiger partial charge >= 0.3 is 5.97 Å². The summed E-state index contributed by atoms with van der Waals surface area (Å²) in [6, 6.07) is 0.364. The molecule has 1 aliphatic rings. The number of carbonyl (C=O) groups is 1. The second-order valence-corrected chi connectivity index (χ2v) is 4.90. The number of hydrogen-bond donors (Lipinski definition) is 2. The van der Waals surface area contributed by atoms with Crippen LogP contribution in [0.4, 0.5) is 5.82 Å². The fraction of sp³-hybridized carbons (Fsp3) is 0.667. The van der Waals surface area contributed by atoms with Gasteiger partial charge in [0, 0.05) is 13.1 Å². The highest BCUT2D eigenvalue weighted by molar-refractivity contribution is 5.94. The summed E-state index contributed by atoms with van der Waals surface area (Å²) in [6.45, 7) is 3.93. The van der Waals surface area contributed by atoms with E-state index in [0.717, 1.165) is 6.42 Å². The van der Waals surface area contributed by atoms with Gasteiger partial charge in [0.2, 0.25) is 0 Å². The Balaban J connectivity index is 2.28. The van der Waals surface area contributed by atoms with Crippen molar-refractivity contribution in [1.29, 1.82) is 0 Å². The van der Waals surface area contributed by atoms with Gasteiger partial charge in [-0.15, -0.1) is 0 Å². The van der Waals surface area contributed by atoms with Crippen LogP contribution in [0.5, 0.6) is 0 Å². The van der Waals surface area contributed by atoms with Gasteiger partial charge in [0.15, 0.2) is 0 Å². The molecule has 2 atom stereocenters. The van der Waals surface area contributed by atoms with Crippen LogP contribution in [0.15, 0.2) is 0 Å². The van der Waals surface area contributed by atoms with E-state index >= 15 is 0 Å². The molecular formula is C12H19N3O2. The third kappa shape index (κ3) is 2.14. The third-order valence-electron chi connectivity index (χ3n) is 3.62. The van der Waals surface area contributed by atoms with E-state index in [9.17, 15) is 9.90 Å². The van der Waals surface area contributed by atoms with Crippen molar-refractivity contribution >= 4 is 11.8 Å². The maximum Gasteiger partial charge on any atom is 0.341 e. The minimum absolute atomic E-state index is 0.298. The molecule has 0 aromatic carbocycles. The number of aromatic carboxylic acids is 1. The zero-order valence-electron chi connectivity index (χ0n) is 10.5. The zero-order chi connectivity index (χ0) is 12.6. The number of nitrogens with one attached hydrogen (secondary N) is 1. The average Bonchev–Trinajstić information content (AvgIpc) is 2.73. The van der Waals surface area contributed by atoms with Gasteiger partial charge in [-0.2, -0.15) is 5.10 Å². The van der Waals surface area contributed by atoms with Crippen LogP contribution in [0.25, 0.3) is 0 Å². The number of carboxylic acids is 1. The van der Waals surface area contributed by atoms with Crippen molar-refractivity contribution in [3.63, 3.8) is 0 Å². The normalized spacial score (nSPS) is 23.9. The summed E-state index contributed by atoms with van der Waals surface area (Å²) < 4.78 is 1.63. The van der Waals surface area contributed by atoms with Crippen LogP contribution in [0.3, 0.4) is 0 Å². The van der Waals surface area contributed by atoms with E-state index in [4.69, 9.17) is 0 Å². The fourth-order valence-electron chi connectivity index (χ4n) is 2.62. The number of nitrogens with zero attached hydrogens (tertiary/aromatic N) is 2. The molecule has 0 spiro atoms. The summed E-state index contributed by atoms with van der Waals surface area (Å²) in [5.41, 5.74) is 0.861. The number of hydrogen-bond acceptors (Lipinski definition) is 3. The lowest BCUT2D eigenvalue weighted by Crippen LogP contribution is -2.24. The van der Waals surface area contributed by atoms with E-state index in [1.54, 1.807) is 18.7 Å². The van der Waals surface area contributed by atoms with Crippen LogP contribution < -0.4 is 5.32 Å². The molecule has 94 valence electrons. The van der Waals surface area contributed by atoms with Crippen LogP contribution in [0.1, 0.15) is 42.2 Å². The Morgan fingerprint density at radius 2 is 2.24 bits per heavy atom. The summed E-state index contributed by atoms with van der Waals surface area (Å²) in [5.74, 6) is 0.310. The zero-order valence-corrected chi connectivity index (χ0v) is 10.5. The van der Waals surface area contributed by atoms with Crippen molar-refractivity contribution < 1.29 is 9.90 Å². The van der Waals surface area contributed by atoms with Crippen molar-refractivity contribution in [3.8, 4) is 0 Å². The molecule has 1 aliphatic carbocycles. The van der Waals surface area contributed by atoms with Gasteiger partial charge in [0.1, 0.15) is 11.4 Å². The molecule has 0 aliphatic heterocycles. The molecule has 5 heteroatoms. The van der Waals surface area contributed by atoms with Crippen LogP contribution in [-0.4, -0.2) is 26.9 Å². The SMILES string of the molecule is Cc1nn(C)c(NC2CCCC2C)c1C(=O)O. The molecule has 0 radical (unpaired) electrons. The number of carboxylic acid groups (broad SMARTS) is 1. The van der Waals surface area contributed by atoms with Gasteiger partial charge in [0.05, 0.1) is 5.69 Å². The molecule has 2 rings (SSSR count). The lowest BCUT2D eigenvalue weighted by atomic mass is 10.1. The predicted molar refractivity (Wildman–Crippen MR) is 65.3 cm³/mol. The summed E-state index contributed by atoms with van der Waals surface area (Å²) >= 11 is 0. The van der Waals surface area contributed by atoms with Gasteiger partial charge < -0.3 is 10.4 Å². The maximum absolute atomic E-state index is 11.2. The molecule has 0 bridgehead atoms. The van der Waals surface area contributed by atoms with Crippen molar-refractivity contribution in [2.45, 2.75) is 39.2 Å². The molecular weight excluding hydrogens is 218 g/mol. The Bertz CT molecular complexity index is 439. The van der Waals surface area contributed by atoms with Gasteiger partial charge in [0.25, 0.3) is 0 Å². The van der Waals surface area contributed by atoms with Crippen molar-refractivity contribution in [3.05, 3.63) is 11.3 Å². The molecule has 5 nitrogen and oxygen atoms in total. The van der Waals surface area contributed by atoms with Crippen LogP contribution in [-0.2, 0) is 7.05 Å². The van der Waals surface area contributed by atoms with Crippen molar-refractivity contribution in [2.24, 2.45) is 13.0 Å². The third-order valence-corrected chi connectivity index (χ3v) is 3.62. The minimum Gasteiger partial charge on any atom is -0.477 e. The fourth-order valence-corrected chi connectivity index (χ4v) is 2.62. The maximum atomic E-state index is 11.2. The van der Waals surface area contributed by atoms with Gasteiger partial charge in [-0.05, 0) is 25.7 Å². The highest BCUT2D eigenvalue weighted by atomic mass is 16.4. The topological polar surface area (TPSA) is 67.2 Å². The molecule has 2 unspecified atom stereocenters. The van der Waals surface area contributed by atoms with Gasteiger partial charge in [-0.25, -0.2) is 4.79 Å². The van der Waals surface area contributed by atoms with Gasteiger partial charge in [-0.1, -0.05) is 13.3 Å². The van der Waals surface area contributed by atoms with E-state index in [1.165, 1.54) is 12.8 Å².